The number of amides is 2. The van der Waals surface area contributed by atoms with Crippen molar-refractivity contribution in [3.63, 3.8) is 0 Å². The van der Waals surface area contributed by atoms with Crippen LogP contribution in [0.15, 0.2) is 30.3 Å². The third-order valence-electron chi connectivity index (χ3n) is 4.30. The summed E-state index contributed by atoms with van der Waals surface area (Å²) in [6.07, 6.45) is 2.07. The molecule has 2 fully saturated rings. The van der Waals surface area contributed by atoms with Crippen LogP contribution in [0.1, 0.15) is 24.4 Å². The predicted octanol–water partition coefficient (Wildman–Crippen LogP) is 0.767. The van der Waals surface area contributed by atoms with Gasteiger partial charge >= 0.3 is 0 Å². The van der Waals surface area contributed by atoms with Gasteiger partial charge in [-0.3, -0.25) is 14.5 Å². The van der Waals surface area contributed by atoms with Gasteiger partial charge in [0.2, 0.25) is 11.8 Å². The summed E-state index contributed by atoms with van der Waals surface area (Å²) in [6, 6.07) is 9.21. The zero-order chi connectivity index (χ0) is 14.8. The third-order valence-corrected chi connectivity index (χ3v) is 4.30. The second-order valence-electron chi connectivity index (χ2n) is 5.85. The number of carbonyl (C=O) groups is 2. The molecule has 0 aromatic heterocycles. The molecule has 3 rings (SSSR count). The van der Waals surface area contributed by atoms with Crippen LogP contribution in [0.25, 0.3) is 0 Å². The molecule has 0 spiro atoms. The van der Waals surface area contributed by atoms with Crippen molar-refractivity contribution >= 4 is 11.8 Å². The molecule has 2 N–H and O–H groups in total. The highest BCUT2D eigenvalue weighted by Crippen LogP contribution is 2.31. The monoisotopic (exact) mass is 287 g/mol. The number of piperazine rings is 1. The number of carbonyl (C=O) groups excluding carboxylic acids is 2. The van der Waals surface area contributed by atoms with E-state index in [1.54, 1.807) is 0 Å². The zero-order valence-electron chi connectivity index (χ0n) is 12.1. The van der Waals surface area contributed by atoms with E-state index in [0.717, 1.165) is 18.4 Å². The topological polar surface area (TPSA) is 66.6 Å². The van der Waals surface area contributed by atoms with Crippen LogP contribution in [0.5, 0.6) is 0 Å². The number of hydrogen-bond donors (Lipinski definition) is 1. The summed E-state index contributed by atoms with van der Waals surface area (Å²) in [4.78, 5) is 27.9. The fraction of sp³-hybridized carbons (Fsp3) is 0.500. The van der Waals surface area contributed by atoms with Crippen LogP contribution in [-0.2, 0) is 9.59 Å². The van der Waals surface area contributed by atoms with Crippen molar-refractivity contribution in [2.45, 2.75) is 18.9 Å². The maximum atomic E-state index is 12.1. The molecular weight excluding hydrogens is 266 g/mol. The average molecular weight is 287 g/mol. The number of nitrogens with zero attached hydrogens (tertiary/aromatic N) is 2. The summed E-state index contributed by atoms with van der Waals surface area (Å²) in [6.45, 7) is 2.76. The van der Waals surface area contributed by atoms with Crippen molar-refractivity contribution in [3.8, 4) is 0 Å². The van der Waals surface area contributed by atoms with E-state index in [1.165, 1.54) is 0 Å². The van der Waals surface area contributed by atoms with Gasteiger partial charge in [0.15, 0.2) is 0 Å². The molecule has 0 unspecified atom stereocenters. The molecule has 1 aliphatic heterocycles. The highest BCUT2D eigenvalue weighted by Gasteiger charge is 2.36. The Bertz CT molecular complexity index is 520. The lowest BCUT2D eigenvalue weighted by atomic mass is 10.0. The van der Waals surface area contributed by atoms with Crippen LogP contribution >= 0.6 is 0 Å². The van der Waals surface area contributed by atoms with E-state index in [2.05, 4.69) is 4.90 Å². The lowest BCUT2D eigenvalue weighted by molar-refractivity contribution is -0.135. The van der Waals surface area contributed by atoms with Crippen molar-refractivity contribution in [2.75, 3.05) is 26.2 Å². The molecule has 2 amide bonds. The molecule has 5 heteroatoms. The minimum absolute atomic E-state index is 0.262. The van der Waals surface area contributed by atoms with Gasteiger partial charge < -0.3 is 10.6 Å². The summed E-state index contributed by atoms with van der Waals surface area (Å²) in [7, 11) is 0. The second kappa shape index (κ2) is 5.85. The van der Waals surface area contributed by atoms with E-state index in [0.29, 0.717) is 26.2 Å². The quantitative estimate of drug-likeness (QED) is 0.889. The minimum atomic E-state index is -0.399. The Morgan fingerprint density at radius 2 is 1.67 bits per heavy atom. The number of hydrogen-bond acceptors (Lipinski definition) is 3. The Hall–Kier alpha value is -1.88. The maximum Gasteiger partial charge on any atom is 0.239 e. The van der Waals surface area contributed by atoms with E-state index in [4.69, 9.17) is 5.73 Å². The molecule has 112 valence electrons. The molecule has 2 aliphatic rings. The van der Waals surface area contributed by atoms with Gasteiger partial charge in [-0.25, -0.2) is 0 Å². The minimum Gasteiger partial charge on any atom is -0.368 e. The molecule has 1 aliphatic carbocycles. The Morgan fingerprint density at radius 1 is 1.05 bits per heavy atom. The van der Waals surface area contributed by atoms with Crippen LogP contribution in [0, 0.1) is 5.92 Å². The Morgan fingerprint density at radius 3 is 2.19 bits per heavy atom. The fourth-order valence-corrected chi connectivity index (χ4v) is 2.98. The van der Waals surface area contributed by atoms with Crippen molar-refractivity contribution in [1.29, 1.82) is 0 Å². The molecule has 1 saturated heterocycles. The summed E-state index contributed by atoms with van der Waals surface area (Å²) in [5.74, 6) is 0.214. The summed E-state index contributed by atoms with van der Waals surface area (Å²) < 4.78 is 0. The van der Waals surface area contributed by atoms with Crippen molar-refractivity contribution in [1.82, 2.24) is 9.80 Å². The first-order valence-corrected chi connectivity index (χ1v) is 7.54. The van der Waals surface area contributed by atoms with Crippen LogP contribution in [0.4, 0.5) is 0 Å². The first-order valence-electron chi connectivity index (χ1n) is 7.54. The predicted molar refractivity (Wildman–Crippen MR) is 79.3 cm³/mol. The number of rotatable bonds is 4. The van der Waals surface area contributed by atoms with Gasteiger partial charge in [-0.05, 0) is 18.4 Å². The first kappa shape index (κ1) is 14.1. The smallest absolute Gasteiger partial charge is 0.239 e. The van der Waals surface area contributed by atoms with Crippen LogP contribution in [-0.4, -0.2) is 47.8 Å². The molecule has 5 nitrogen and oxygen atoms in total. The van der Waals surface area contributed by atoms with Gasteiger partial charge in [0.25, 0.3) is 0 Å². The van der Waals surface area contributed by atoms with E-state index < -0.39 is 6.04 Å². The van der Waals surface area contributed by atoms with Crippen molar-refractivity contribution < 1.29 is 9.59 Å². The summed E-state index contributed by atoms with van der Waals surface area (Å²) in [5.41, 5.74) is 6.51. The van der Waals surface area contributed by atoms with Crippen LogP contribution in [0.3, 0.4) is 0 Å². The number of primary amides is 1. The first-order chi connectivity index (χ1) is 10.2. The third kappa shape index (κ3) is 3.08. The number of nitrogens with two attached hydrogens (primary N) is 1. The Balaban J connectivity index is 1.66. The van der Waals surface area contributed by atoms with Crippen LogP contribution in [0.2, 0.25) is 0 Å². The lowest BCUT2D eigenvalue weighted by Crippen LogP contribution is -2.52. The Kier molecular flexibility index (Phi) is 3.92. The largest absolute Gasteiger partial charge is 0.368 e. The second-order valence-corrected chi connectivity index (χ2v) is 5.85. The van der Waals surface area contributed by atoms with Crippen LogP contribution < -0.4 is 5.73 Å². The van der Waals surface area contributed by atoms with E-state index in [9.17, 15) is 9.59 Å². The molecule has 0 bridgehead atoms. The van der Waals surface area contributed by atoms with E-state index in [-0.39, 0.29) is 17.7 Å². The molecule has 0 radical (unpaired) electrons. The van der Waals surface area contributed by atoms with Gasteiger partial charge in [-0.2, -0.15) is 0 Å². The summed E-state index contributed by atoms with van der Waals surface area (Å²) in [5, 5.41) is 0. The van der Waals surface area contributed by atoms with Crippen molar-refractivity contribution in [2.24, 2.45) is 11.7 Å². The van der Waals surface area contributed by atoms with Crippen molar-refractivity contribution in [3.05, 3.63) is 35.9 Å². The normalized spacial score (nSPS) is 21.0. The fourth-order valence-electron chi connectivity index (χ4n) is 2.98. The van der Waals surface area contributed by atoms with E-state index >= 15 is 0 Å². The molecular formula is C16H21N3O2. The molecule has 1 atom stereocenters. The SMILES string of the molecule is NC(=O)[C@H](c1ccccc1)N1CCN(C(=O)C2CC2)CC1. The molecule has 1 aromatic carbocycles. The summed E-state index contributed by atoms with van der Waals surface area (Å²) >= 11 is 0. The Labute approximate surface area is 124 Å². The standard InChI is InChI=1S/C16H21N3O2/c17-15(20)14(12-4-2-1-3-5-12)18-8-10-19(11-9-18)16(21)13-6-7-13/h1-5,13-14H,6-11H2,(H2,17,20)/t14-/m0/s1. The molecule has 1 saturated carbocycles. The van der Waals surface area contributed by atoms with Gasteiger partial charge in [0, 0.05) is 32.1 Å². The molecule has 1 heterocycles. The van der Waals surface area contributed by atoms with Gasteiger partial charge in [-0.15, -0.1) is 0 Å². The lowest BCUT2D eigenvalue weighted by Gasteiger charge is -2.38. The number of benzene rings is 1. The highest BCUT2D eigenvalue weighted by molar-refractivity contribution is 5.82. The highest BCUT2D eigenvalue weighted by atomic mass is 16.2. The van der Waals surface area contributed by atoms with Gasteiger partial charge in [0.1, 0.15) is 6.04 Å². The zero-order valence-corrected chi connectivity index (χ0v) is 12.1. The van der Waals surface area contributed by atoms with Gasteiger partial charge in [0.05, 0.1) is 0 Å². The molecule has 1 aromatic rings. The average Bonchev–Trinajstić information content (AvgIpc) is 3.33. The van der Waals surface area contributed by atoms with Gasteiger partial charge in [-0.1, -0.05) is 30.3 Å². The maximum absolute atomic E-state index is 12.1. The van der Waals surface area contributed by atoms with E-state index in [1.807, 2.05) is 35.2 Å². The molecule has 21 heavy (non-hydrogen) atoms.